The third kappa shape index (κ3) is 4.18. The first-order valence-electron chi connectivity index (χ1n) is 5.57. The Labute approximate surface area is 109 Å². The van der Waals surface area contributed by atoms with Crippen LogP contribution in [-0.4, -0.2) is 63.0 Å². The van der Waals surface area contributed by atoms with Gasteiger partial charge in [-0.15, -0.1) is 0 Å². The molecule has 5 N–H and O–H groups in total. The first-order chi connectivity index (χ1) is 8.99. The number of aromatic hydroxyl groups is 1. The summed E-state index contributed by atoms with van der Waals surface area (Å²) in [5, 5.41) is 45.5. The van der Waals surface area contributed by atoms with Crippen LogP contribution < -0.4 is 0 Å². The fourth-order valence-corrected chi connectivity index (χ4v) is 1.37. The number of carbonyl (C=O) groups is 1. The van der Waals surface area contributed by atoms with E-state index in [1.807, 2.05) is 0 Å². The van der Waals surface area contributed by atoms with Gasteiger partial charge in [0.25, 0.3) is 0 Å². The second-order valence-electron chi connectivity index (χ2n) is 3.91. The average molecular weight is 272 g/mol. The highest BCUT2D eigenvalue weighted by atomic mass is 16.6. The van der Waals surface area contributed by atoms with Gasteiger partial charge in [-0.25, -0.2) is 4.79 Å². The van der Waals surface area contributed by atoms with Crippen molar-refractivity contribution in [3.63, 3.8) is 0 Å². The Morgan fingerprint density at radius 3 is 2.16 bits per heavy atom. The molecule has 1 aromatic rings. The molecule has 0 bridgehead atoms. The maximum atomic E-state index is 11.7. The highest BCUT2D eigenvalue weighted by Crippen LogP contribution is 2.13. The summed E-state index contributed by atoms with van der Waals surface area (Å²) in [5.74, 6) is -0.853. The summed E-state index contributed by atoms with van der Waals surface area (Å²) in [6, 6.07) is 5.18. The summed E-state index contributed by atoms with van der Waals surface area (Å²) in [6.07, 6.45) is -4.48. The number of carbonyl (C=O) groups excluding carboxylic acids is 1. The smallest absolute Gasteiger partial charge is 0.338 e. The predicted octanol–water partition coefficient (Wildman–Crippen LogP) is -1.38. The van der Waals surface area contributed by atoms with Gasteiger partial charge in [-0.1, -0.05) is 0 Å². The van der Waals surface area contributed by atoms with Gasteiger partial charge in [0.15, 0.2) is 6.10 Å². The van der Waals surface area contributed by atoms with Crippen LogP contribution in [0, 0.1) is 0 Å². The number of hydrogen-bond acceptors (Lipinski definition) is 7. The van der Waals surface area contributed by atoms with Crippen LogP contribution in [0.4, 0.5) is 0 Å². The molecule has 0 aliphatic carbocycles. The second kappa shape index (κ2) is 7.05. The minimum Gasteiger partial charge on any atom is -0.508 e. The summed E-state index contributed by atoms with van der Waals surface area (Å²) < 4.78 is 4.82. The monoisotopic (exact) mass is 272 g/mol. The Kier molecular flexibility index (Phi) is 5.71. The van der Waals surface area contributed by atoms with Crippen molar-refractivity contribution in [2.45, 2.75) is 18.3 Å². The third-order valence-corrected chi connectivity index (χ3v) is 2.50. The van der Waals surface area contributed by atoms with E-state index in [-0.39, 0.29) is 11.3 Å². The maximum Gasteiger partial charge on any atom is 0.338 e. The van der Waals surface area contributed by atoms with Crippen LogP contribution in [-0.2, 0) is 4.74 Å². The van der Waals surface area contributed by atoms with E-state index in [0.717, 1.165) is 0 Å². The molecule has 0 saturated carbocycles. The molecule has 0 amide bonds. The van der Waals surface area contributed by atoms with Crippen LogP contribution in [0.1, 0.15) is 10.4 Å². The van der Waals surface area contributed by atoms with Gasteiger partial charge in [0.1, 0.15) is 18.0 Å². The van der Waals surface area contributed by atoms with Gasteiger partial charge in [-0.2, -0.15) is 0 Å². The van der Waals surface area contributed by atoms with Crippen molar-refractivity contribution in [3.8, 4) is 5.75 Å². The van der Waals surface area contributed by atoms with Crippen molar-refractivity contribution >= 4 is 5.97 Å². The Bertz CT molecular complexity index is 403. The van der Waals surface area contributed by atoms with E-state index >= 15 is 0 Å². The molecular weight excluding hydrogens is 256 g/mol. The molecule has 7 heteroatoms. The Morgan fingerprint density at radius 2 is 1.68 bits per heavy atom. The van der Waals surface area contributed by atoms with Crippen molar-refractivity contribution in [1.82, 2.24) is 0 Å². The number of rotatable bonds is 6. The summed E-state index contributed by atoms with van der Waals surface area (Å²) in [7, 11) is 0. The molecule has 0 aliphatic heterocycles. The van der Waals surface area contributed by atoms with E-state index in [9.17, 15) is 15.0 Å². The van der Waals surface area contributed by atoms with E-state index in [0.29, 0.717) is 0 Å². The molecule has 106 valence electrons. The van der Waals surface area contributed by atoms with Gasteiger partial charge in [0.05, 0.1) is 18.8 Å². The van der Waals surface area contributed by atoms with Crippen molar-refractivity contribution in [1.29, 1.82) is 0 Å². The van der Waals surface area contributed by atoms with Gasteiger partial charge in [0.2, 0.25) is 0 Å². The quantitative estimate of drug-likeness (QED) is 0.404. The van der Waals surface area contributed by atoms with Crippen LogP contribution in [0.3, 0.4) is 0 Å². The fraction of sp³-hybridized carbons (Fsp3) is 0.417. The molecular formula is C12H16O7. The van der Waals surface area contributed by atoms with Crippen LogP contribution in [0.2, 0.25) is 0 Å². The first kappa shape index (κ1) is 15.4. The molecule has 0 aliphatic rings. The van der Waals surface area contributed by atoms with Crippen molar-refractivity contribution in [2.75, 3.05) is 13.2 Å². The lowest BCUT2D eigenvalue weighted by atomic mass is 10.1. The summed E-state index contributed by atoms with van der Waals surface area (Å²) in [5.41, 5.74) is 0.113. The highest BCUT2D eigenvalue weighted by Gasteiger charge is 2.29. The minimum absolute atomic E-state index is 0.0222. The van der Waals surface area contributed by atoms with Crippen LogP contribution in [0.25, 0.3) is 0 Å². The zero-order chi connectivity index (χ0) is 14.4. The molecule has 0 heterocycles. The number of ether oxygens (including phenoxy) is 1. The second-order valence-corrected chi connectivity index (χ2v) is 3.91. The number of aliphatic hydroxyl groups excluding tert-OH is 4. The molecule has 0 radical (unpaired) electrons. The van der Waals surface area contributed by atoms with Gasteiger partial charge < -0.3 is 30.3 Å². The van der Waals surface area contributed by atoms with E-state index in [2.05, 4.69) is 0 Å². The summed E-state index contributed by atoms with van der Waals surface area (Å²) >= 11 is 0. The Balaban J connectivity index is 2.70. The fourth-order valence-electron chi connectivity index (χ4n) is 1.37. The van der Waals surface area contributed by atoms with Crippen molar-refractivity contribution in [2.24, 2.45) is 0 Å². The number of phenols is 1. The van der Waals surface area contributed by atoms with Gasteiger partial charge in [-0.05, 0) is 24.3 Å². The summed E-state index contributed by atoms with van der Waals surface area (Å²) in [4.78, 5) is 11.7. The van der Waals surface area contributed by atoms with Gasteiger partial charge in [0, 0.05) is 0 Å². The number of aliphatic hydroxyl groups is 4. The number of esters is 1. The molecule has 1 rings (SSSR count). The Morgan fingerprint density at radius 1 is 1.11 bits per heavy atom. The lowest BCUT2D eigenvalue weighted by Gasteiger charge is -2.24. The molecule has 0 fully saturated rings. The molecule has 3 atom stereocenters. The average Bonchev–Trinajstić information content (AvgIpc) is 2.43. The van der Waals surface area contributed by atoms with E-state index in [1.165, 1.54) is 24.3 Å². The van der Waals surface area contributed by atoms with E-state index in [4.69, 9.17) is 20.1 Å². The first-order valence-corrected chi connectivity index (χ1v) is 5.57. The van der Waals surface area contributed by atoms with Crippen molar-refractivity contribution < 1.29 is 35.1 Å². The van der Waals surface area contributed by atoms with Crippen LogP contribution in [0.5, 0.6) is 5.75 Å². The predicted molar refractivity (Wildman–Crippen MR) is 63.5 cm³/mol. The number of hydrogen-bond donors (Lipinski definition) is 5. The minimum atomic E-state index is -1.60. The number of benzene rings is 1. The zero-order valence-corrected chi connectivity index (χ0v) is 10.0. The summed E-state index contributed by atoms with van der Waals surface area (Å²) in [6.45, 7) is -1.43. The molecule has 0 aromatic heterocycles. The van der Waals surface area contributed by atoms with E-state index < -0.39 is 37.5 Å². The SMILES string of the molecule is O=C(OC(CO)C(O)C(O)CO)c1ccc(O)cc1. The van der Waals surface area contributed by atoms with E-state index in [1.54, 1.807) is 0 Å². The lowest BCUT2D eigenvalue weighted by Crippen LogP contribution is -2.44. The van der Waals surface area contributed by atoms with Crippen molar-refractivity contribution in [3.05, 3.63) is 29.8 Å². The lowest BCUT2D eigenvalue weighted by molar-refractivity contribution is -0.0971. The van der Waals surface area contributed by atoms with Gasteiger partial charge >= 0.3 is 5.97 Å². The van der Waals surface area contributed by atoms with Gasteiger partial charge in [-0.3, -0.25) is 0 Å². The maximum absolute atomic E-state index is 11.7. The molecule has 1 aromatic carbocycles. The number of phenolic OH excluding ortho intramolecular Hbond substituents is 1. The molecule has 7 nitrogen and oxygen atoms in total. The Hall–Kier alpha value is -1.67. The third-order valence-electron chi connectivity index (χ3n) is 2.50. The topological polar surface area (TPSA) is 127 Å². The molecule has 0 spiro atoms. The highest BCUT2D eigenvalue weighted by molar-refractivity contribution is 5.89. The molecule has 3 unspecified atom stereocenters. The largest absolute Gasteiger partial charge is 0.508 e. The normalized spacial score (nSPS) is 15.6. The molecule has 19 heavy (non-hydrogen) atoms. The molecule has 0 saturated heterocycles. The standard InChI is InChI=1S/C12H16O7/c13-5-9(16)11(17)10(6-14)19-12(18)7-1-3-8(15)4-2-7/h1-4,9-11,13-17H,5-6H2. The van der Waals surface area contributed by atoms with Crippen LogP contribution >= 0.6 is 0 Å². The zero-order valence-electron chi connectivity index (χ0n) is 10.0. The van der Waals surface area contributed by atoms with Crippen LogP contribution in [0.15, 0.2) is 24.3 Å².